The lowest BCUT2D eigenvalue weighted by molar-refractivity contribution is -0.117. The van der Waals surface area contributed by atoms with Gasteiger partial charge in [-0.2, -0.15) is 0 Å². The van der Waals surface area contributed by atoms with Crippen LogP contribution in [-0.4, -0.2) is 40.8 Å². The molecule has 1 unspecified atom stereocenters. The van der Waals surface area contributed by atoms with E-state index in [0.717, 1.165) is 12.3 Å². The number of methoxy groups -OCH3 is 1. The summed E-state index contributed by atoms with van der Waals surface area (Å²) in [7, 11) is 1.45. The molecule has 3 heterocycles. The highest BCUT2D eigenvalue weighted by Crippen LogP contribution is 2.35. The number of anilines is 1. The van der Waals surface area contributed by atoms with Crippen LogP contribution in [-0.2, 0) is 11.4 Å². The molecule has 0 fully saturated rings. The van der Waals surface area contributed by atoms with Gasteiger partial charge in [0.25, 0.3) is 11.8 Å². The number of hydrogen-bond donors (Lipinski definition) is 2. The molecule has 0 aliphatic carbocycles. The standard InChI is InChI=1S/C28H20Cl2FN5O4/c1-39-22-10-16(29)9-20(30)23(22)24-18-6-2-3-7-21(18)34-27(38)25(35-24)36-26(37)19-11-17(31)13-33-28(19)40-14-15-5-4-8-32-12-15/h2-13,25H,14H2,1H3,(H,34,38)(H,36,37). The summed E-state index contributed by atoms with van der Waals surface area (Å²) in [6.07, 6.45) is 2.68. The van der Waals surface area contributed by atoms with Crippen molar-refractivity contribution in [2.45, 2.75) is 12.8 Å². The van der Waals surface area contributed by atoms with E-state index >= 15 is 0 Å². The molecular formula is C28H20Cl2FN5O4. The first kappa shape index (κ1) is 27.0. The zero-order valence-corrected chi connectivity index (χ0v) is 22.3. The van der Waals surface area contributed by atoms with Crippen LogP contribution >= 0.6 is 23.2 Å². The highest BCUT2D eigenvalue weighted by molar-refractivity contribution is 6.39. The van der Waals surface area contributed by atoms with Crippen molar-refractivity contribution in [3.05, 3.63) is 111 Å². The number of nitrogens with one attached hydrogen (secondary N) is 2. The maximum absolute atomic E-state index is 14.2. The number of halogens is 3. The minimum atomic E-state index is -1.44. The SMILES string of the molecule is COc1cc(Cl)cc(Cl)c1C1=NC(NC(=O)c2cc(F)cnc2OCc2cccnc2)C(=O)Nc2ccccc21. The third-order valence-corrected chi connectivity index (χ3v) is 6.37. The van der Waals surface area contributed by atoms with Crippen LogP contribution in [0.2, 0.25) is 10.0 Å². The molecule has 12 heteroatoms. The third kappa shape index (κ3) is 5.73. The number of carbonyl (C=O) groups is 2. The van der Waals surface area contributed by atoms with Crippen molar-refractivity contribution >= 4 is 46.4 Å². The van der Waals surface area contributed by atoms with Gasteiger partial charge in [-0.3, -0.25) is 14.6 Å². The predicted octanol–water partition coefficient (Wildman–Crippen LogP) is 5.06. The van der Waals surface area contributed by atoms with Crippen molar-refractivity contribution < 1.29 is 23.5 Å². The summed E-state index contributed by atoms with van der Waals surface area (Å²) in [6.45, 7) is 0.0309. The van der Waals surface area contributed by atoms with Gasteiger partial charge in [0.15, 0.2) is 0 Å². The molecule has 1 atom stereocenters. The Morgan fingerprint density at radius 3 is 2.73 bits per heavy atom. The molecule has 40 heavy (non-hydrogen) atoms. The Kier molecular flexibility index (Phi) is 7.90. The summed E-state index contributed by atoms with van der Waals surface area (Å²) in [5, 5.41) is 5.87. The molecule has 9 nitrogen and oxygen atoms in total. The fraction of sp³-hybridized carbons (Fsp3) is 0.107. The fourth-order valence-corrected chi connectivity index (χ4v) is 4.60. The van der Waals surface area contributed by atoms with Crippen molar-refractivity contribution in [2.75, 3.05) is 12.4 Å². The van der Waals surface area contributed by atoms with E-state index in [4.69, 9.17) is 32.7 Å². The van der Waals surface area contributed by atoms with Gasteiger partial charge in [0, 0.05) is 28.5 Å². The lowest BCUT2D eigenvalue weighted by atomic mass is 9.99. The first-order valence-electron chi connectivity index (χ1n) is 11.8. The minimum Gasteiger partial charge on any atom is -0.496 e. The molecule has 1 aliphatic heterocycles. The van der Waals surface area contributed by atoms with Crippen LogP contribution in [0.3, 0.4) is 0 Å². The van der Waals surface area contributed by atoms with E-state index in [0.29, 0.717) is 33.1 Å². The Hall–Kier alpha value is -4.54. The Morgan fingerprint density at radius 1 is 1.12 bits per heavy atom. The van der Waals surface area contributed by atoms with Crippen molar-refractivity contribution in [3.63, 3.8) is 0 Å². The number of hydrogen-bond acceptors (Lipinski definition) is 7. The summed E-state index contributed by atoms with van der Waals surface area (Å²) < 4.78 is 25.3. The van der Waals surface area contributed by atoms with Gasteiger partial charge >= 0.3 is 0 Å². The maximum Gasteiger partial charge on any atom is 0.269 e. The van der Waals surface area contributed by atoms with Gasteiger partial charge in [0.2, 0.25) is 12.0 Å². The number of fused-ring (bicyclic) bond motifs is 1. The van der Waals surface area contributed by atoms with Gasteiger partial charge in [-0.25, -0.2) is 14.4 Å². The molecule has 2 aromatic heterocycles. The number of amides is 2. The second-order valence-electron chi connectivity index (χ2n) is 8.51. The molecule has 0 saturated carbocycles. The molecule has 2 amide bonds. The van der Waals surface area contributed by atoms with Crippen molar-refractivity contribution in [1.82, 2.24) is 15.3 Å². The molecule has 2 aromatic carbocycles. The van der Waals surface area contributed by atoms with Gasteiger partial charge in [0.1, 0.15) is 23.7 Å². The van der Waals surface area contributed by atoms with Gasteiger partial charge in [-0.1, -0.05) is 47.5 Å². The molecular weight excluding hydrogens is 560 g/mol. The molecule has 0 radical (unpaired) electrons. The van der Waals surface area contributed by atoms with E-state index in [1.54, 1.807) is 54.9 Å². The second-order valence-corrected chi connectivity index (χ2v) is 9.35. The van der Waals surface area contributed by atoms with E-state index in [9.17, 15) is 14.0 Å². The van der Waals surface area contributed by atoms with Crippen LogP contribution in [0.4, 0.5) is 10.1 Å². The molecule has 0 spiro atoms. The summed E-state index contributed by atoms with van der Waals surface area (Å²) >= 11 is 12.7. The van der Waals surface area contributed by atoms with E-state index in [1.807, 2.05) is 0 Å². The molecule has 0 saturated heterocycles. The Balaban J connectivity index is 1.52. The number of para-hydroxylation sites is 1. The molecule has 4 aromatic rings. The van der Waals surface area contributed by atoms with Crippen LogP contribution in [0, 0.1) is 5.82 Å². The molecule has 5 rings (SSSR count). The van der Waals surface area contributed by atoms with Gasteiger partial charge in [-0.05, 0) is 30.3 Å². The van der Waals surface area contributed by atoms with E-state index < -0.39 is 23.8 Å². The smallest absolute Gasteiger partial charge is 0.269 e. The lowest BCUT2D eigenvalue weighted by Gasteiger charge is -2.16. The van der Waals surface area contributed by atoms with Gasteiger partial charge in [-0.15, -0.1) is 0 Å². The quantitative estimate of drug-likeness (QED) is 0.316. The van der Waals surface area contributed by atoms with Crippen LogP contribution in [0.1, 0.15) is 27.0 Å². The molecule has 0 bridgehead atoms. The highest BCUT2D eigenvalue weighted by Gasteiger charge is 2.30. The number of aliphatic imine (C=N–C) groups is 1. The molecule has 2 N–H and O–H groups in total. The van der Waals surface area contributed by atoms with Crippen molar-refractivity contribution in [3.8, 4) is 11.6 Å². The Morgan fingerprint density at radius 2 is 1.95 bits per heavy atom. The fourth-order valence-electron chi connectivity index (χ4n) is 4.04. The zero-order chi connectivity index (χ0) is 28.2. The monoisotopic (exact) mass is 579 g/mol. The first-order chi connectivity index (χ1) is 19.3. The number of aromatic nitrogens is 2. The van der Waals surface area contributed by atoms with Crippen molar-refractivity contribution in [1.29, 1.82) is 0 Å². The number of pyridine rings is 2. The lowest BCUT2D eigenvalue weighted by Crippen LogP contribution is -2.42. The average molecular weight is 580 g/mol. The van der Waals surface area contributed by atoms with E-state index in [2.05, 4.69) is 25.6 Å². The first-order valence-corrected chi connectivity index (χ1v) is 12.6. The average Bonchev–Trinajstić information content (AvgIpc) is 3.08. The van der Waals surface area contributed by atoms with E-state index in [1.165, 1.54) is 13.2 Å². The summed E-state index contributed by atoms with van der Waals surface area (Å²) in [6, 6.07) is 14.5. The third-order valence-electron chi connectivity index (χ3n) is 5.85. The summed E-state index contributed by atoms with van der Waals surface area (Å²) in [5.41, 5.74) is 2.08. The number of nitrogens with zero attached hydrogens (tertiary/aromatic N) is 3. The predicted molar refractivity (Wildman–Crippen MR) is 148 cm³/mol. The van der Waals surface area contributed by atoms with E-state index in [-0.39, 0.29) is 28.8 Å². The number of rotatable bonds is 7. The molecule has 202 valence electrons. The van der Waals surface area contributed by atoms with Crippen LogP contribution in [0.25, 0.3) is 0 Å². The topological polar surface area (TPSA) is 115 Å². The zero-order valence-electron chi connectivity index (χ0n) is 20.8. The highest BCUT2D eigenvalue weighted by atomic mass is 35.5. The Bertz CT molecular complexity index is 1630. The minimum absolute atomic E-state index is 0.0309. The normalized spacial score (nSPS) is 14.3. The van der Waals surface area contributed by atoms with Crippen LogP contribution in [0.15, 0.2) is 78.2 Å². The largest absolute Gasteiger partial charge is 0.496 e. The van der Waals surface area contributed by atoms with Crippen molar-refractivity contribution in [2.24, 2.45) is 4.99 Å². The van der Waals surface area contributed by atoms with Crippen LogP contribution < -0.4 is 20.1 Å². The second kappa shape index (κ2) is 11.7. The maximum atomic E-state index is 14.2. The van der Waals surface area contributed by atoms with Crippen LogP contribution in [0.5, 0.6) is 11.6 Å². The number of benzodiazepines with no additional fused rings is 1. The number of benzene rings is 2. The number of carbonyl (C=O) groups excluding carboxylic acids is 2. The molecule has 1 aliphatic rings. The number of ether oxygens (including phenoxy) is 2. The van der Waals surface area contributed by atoms with Gasteiger partial charge < -0.3 is 20.1 Å². The summed E-state index contributed by atoms with van der Waals surface area (Å²) in [5.74, 6) is -2.06. The van der Waals surface area contributed by atoms with Gasteiger partial charge in [0.05, 0.1) is 35.3 Å². The Labute approximate surface area is 238 Å². The summed E-state index contributed by atoms with van der Waals surface area (Å²) in [4.78, 5) is 39.1.